The Balaban J connectivity index is 1.72. The Morgan fingerprint density at radius 2 is 2.19 bits per heavy atom. The lowest BCUT2D eigenvalue weighted by molar-refractivity contribution is 0.598. The molecule has 7 heteroatoms. The van der Waals surface area contributed by atoms with Crippen molar-refractivity contribution in [2.24, 2.45) is 0 Å². The first-order valence-corrected chi connectivity index (χ1v) is 8.38. The summed E-state index contributed by atoms with van der Waals surface area (Å²) in [6, 6.07) is 8.03. The molecule has 1 saturated carbocycles. The number of hydrogen-bond acceptors (Lipinski definition) is 4. The van der Waals surface area contributed by atoms with Crippen molar-refractivity contribution in [1.82, 2.24) is 15.3 Å². The van der Waals surface area contributed by atoms with Gasteiger partial charge >= 0.3 is 0 Å². The van der Waals surface area contributed by atoms with E-state index in [1.165, 1.54) is 19.0 Å². The van der Waals surface area contributed by atoms with Crippen LogP contribution in [0.3, 0.4) is 0 Å². The van der Waals surface area contributed by atoms with Crippen molar-refractivity contribution < 1.29 is 8.42 Å². The summed E-state index contributed by atoms with van der Waals surface area (Å²) in [6.07, 6.45) is 3.77. The summed E-state index contributed by atoms with van der Waals surface area (Å²) in [4.78, 5) is 6.64. The lowest BCUT2D eigenvalue weighted by atomic mass is 10.2. The van der Waals surface area contributed by atoms with E-state index in [-0.39, 0.29) is 5.03 Å². The van der Waals surface area contributed by atoms with Crippen molar-refractivity contribution in [3.63, 3.8) is 0 Å². The Kier molecular flexibility index (Phi) is 3.69. The zero-order valence-electron chi connectivity index (χ0n) is 11.8. The summed E-state index contributed by atoms with van der Waals surface area (Å²) >= 11 is 0. The minimum absolute atomic E-state index is 0.0708. The molecule has 3 N–H and O–H groups in total. The number of hydrogen-bond donors (Lipinski definition) is 3. The molecule has 1 aliphatic carbocycles. The highest BCUT2D eigenvalue weighted by Crippen LogP contribution is 2.20. The molecule has 0 saturated heterocycles. The van der Waals surface area contributed by atoms with Gasteiger partial charge < -0.3 is 10.3 Å². The Bertz CT molecular complexity index is 735. The first-order valence-electron chi connectivity index (χ1n) is 6.90. The molecule has 1 fully saturated rings. The molecule has 1 aliphatic rings. The summed E-state index contributed by atoms with van der Waals surface area (Å²) in [5.74, 6) is 0.567. The van der Waals surface area contributed by atoms with Crippen LogP contribution in [0.15, 0.2) is 35.5 Å². The maximum atomic E-state index is 12.2. The van der Waals surface area contributed by atoms with Crippen molar-refractivity contribution in [2.45, 2.75) is 37.4 Å². The number of H-pyrrole nitrogens is 1. The second-order valence-corrected chi connectivity index (χ2v) is 6.94. The molecule has 0 aliphatic heterocycles. The van der Waals surface area contributed by atoms with E-state index in [0.29, 0.717) is 17.6 Å². The number of aromatic nitrogens is 2. The normalized spacial score (nSPS) is 15.1. The lowest BCUT2D eigenvalue weighted by Gasteiger charge is -2.09. The Labute approximate surface area is 124 Å². The fourth-order valence-electron chi connectivity index (χ4n) is 2.04. The number of nitrogens with zero attached hydrogens (tertiary/aromatic N) is 1. The van der Waals surface area contributed by atoms with E-state index >= 15 is 0 Å². The fraction of sp³-hybridized carbons (Fsp3) is 0.357. The summed E-state index contributed by atoms with van der Waals surface area (Å²) in [5, 5.41) is 3.48. The highest BCUT2D eigenvalue weighted by atomic mass is 32.2. The van der Waals surface area contributed by atoms with E-state index in [4.69, 9.17) is 0 Å². The predicted octanol–water partition coefficient (Wildman–Crippen LogP) is 1.77. The van der Waals surface area contributed by atoms with Crippen LogP contribution >= 0.6 is 0 Å². The van der Waals surface area contributed by atoms with Crippen LogP contribution in [0.4, 0.5) is 5.69 Å². The van der Waals surface area contributed by atoms with Gasteiger partial charge in [0.25, 0.3) is 10.0 Å². The van der Waals surface area contributed by atoms with Crippen LogP contribution in [0.2, 0.25) is 0 Å². The number of imidazole rings is 1. The highest BCUT2D eigenvalue weighted by molar-refractivity contribution is 7.92. The molecule has 1 aromatic heterocycles. The van der Waals surface area contributed by atoms with Crippen LogP contribution in [0.25, 0.3) is 0 Å². The molecule has 112 valence electrons. The molecule has 3 rings (SSSR count). The summed E-state index contributed by atoms with van der Waals surface area (Å²) < 4.78 is 27.0. The minimum atomic E-state index is -3.62. The van der Waals surface area contributed by atoms with Crippen molar-refractivity contribution >= 4 is 15.7 Å². The van der Waals surface area contributed by atoms with Gasteiger partial charge in [0.1, 0.15) is 5.82 Å². The van der Waals surface area contributed by atoms with Gasteiger partial charge in [-0.25, -0.2) is 4.98 Å². The van der Waals surface area contributed by atoms with Crippen LogP contribution in [0, 0.1) is 6.92 Å². The van der Waals surface area contributed by atoms with Gasteiger partial charge in [0.05, 0.1) is 6.20 Å². The van der Waals surface area contributed by atoms with E-state index in [1.54, 1.807) is 13.0 Å². The fourth-order valence-corrected chi connectivity index (χ4v) is 3.06. The van der Waals surface area contributed by atoms with Gasteiger partial charge in [-0.2, -0.15) is 8.42 Å². The number of benzene rings is 1. The summed E-state index contributed by atoms with van der Waals surface area (Å²) in [7, 11) is -3.62. The third-order valence-electron chi connectivity index (χ3n) is 3.32. The summed E-state index contributed by atoms with van der Waals surface area (Å²) in [5.41, 5.74) is 1.61. The molecule has 0 spiro atoms. The lowest BCUT2D eigenvalue weighted by Crippen LogP contribution is -2.16. The Hall–Kier alpha value is -1.86. The topological polar surface area (TPSA) is 86.9 Å². The van der Waals surface area contributed by atoms with Crippen LogP contribution < -0.4 is 10.0 Å². The van der Waals surface area contributed by atoms with Crippen LogP contribution in [0.5, 0.6) is 0 Å². The number of rotatable bonds is 6. The van der Waals surface area contributed by atoms with Gasteiger partial charge in [0.2, 0.25) is 0 Å². The molecular formula is C14H18N4O2S. The number of anilines is 1. The predicted molar refractivity (Wildman–Crippen MR) is 80.4 cm³/mol. The largest absolute Gasteiger partial charge is 0.332 e. The molecule has 2 aromatic rings. The van der Waals surface area contributed by atoms with E-state index in [9.17, 15) is 8.42 Å². The minimum Gasteiger partial charge on any atom is -0.332 e. The third kappa shape index (κ3) is 3.62. The summed E-state index contributed by atoms with van der Waals surface area (Å²) in [6.45, 7) is 2.46. The van der Waals surface area contributed by atoms with E-state index in [1.807, 2.05) is 18.2 Å². The molecule has 0 amide bonds. The highest BCUT2D eigenvalue weighted by Gasteiger charge is 2.20. The maximum absolute atomic E-state index is 12.2. The first-order chi connectivity index (χ1) is 10.0. The smallest absolute Gasteiger partial charge is 0.278 e. The van der Waals surface area contributed by atoms with Crippen molar-refractivity contribution in [3.05, 3.63) is 41.9 Å². The van der Waals surface area contributed by atoms with Crippen molar-refractivity contribution in [3.8, 4) is 0 Å². The molecule has 21 heavy (non-hydrogen) atoms. The molecule has 0 atom stereocenters. The number of aromatic amines is 1. The average molecular weight is 306 g/mol. The van der Waals surface area contributed by atoms with Gasteiger partial charge in [-0.3, -0.25) is 4.72 Å². The molecule has 0 bridgehead atoms. The van der Waals surface area contributed by atoms with Crippen LogP contribution in [0.1, 0.15) is 24.2 Å². The zero-order chi connectivity index (χ0) is 14.9. The van der Waals surface area contributed by atoms with Crippen LogP contribution in [-0.2, 0) is 16.6 Å². The molecule has 6 nitrogen and oxygen atoms in total. The van der Waals surface area contributed by atoms with Gasteiger partial charge in [-0.15, -0.1) is 0 Å². The third-order valence-corrected chi connectivity index (χ3v) is 4.61. The van der Waals surface area contributed by atoms with Gasteiger partial charge in [-0.1, -0.05) is 12.1 Å². The number of aryl methyl sites for hydroxylation is 1. The van der Waals surface area contributed by atoms with E-state index in [2.05, 4.69) is 20.0 Å². The Morgan fingerprint density at radius 1 is 1.38 bits per heavy atom. The second kappa shape index (κ2) is 5.50. The molecule has 0 radical (unpaired) electrons. The average Bonchev–Trinajstić information content (AvgIpc) is 3.16. The van der Waals surface area contributed by atoms with Gasteiger partial charge in [-0.05, 0) is 37.5 Å². The molecular weight excluding hydrogens is 288 g/mol. The molecule has 1 aromatic carbocycles. The van der Waals surface area contributed by atoms with Gasteiger partial charge in [0, 0.05) is 18.3 Å². The standard InChI is InChI=1S/C14H18N4O2S/c1-10-15-9-14(17-10)21(19,20)18-13-4-2-3-11(7-13)8-16-12-5-6-12/h2-4,7,9,12,16,18H,5-6,8H2,1H3,(H,15,17). The SMILES string of the molecule is Cc1ncc(S(=O)(=O)Nc2cccc(CNC3CC3)c2)[nH]1. The van der Waals surface area contributed by atoms with Crippen molar-refractivity contribution in [2.75, 3.05) is 4.72 Å². The monoisotopic (exact) mass is 306 g/mol. The first kappa shape index (κ1) is 14.1. The van der Waals surface area contributed by atoms with Crippen LogP contribution in [-0.4, -0.2) is 24.4 Å². The Morgan fingerprint density at radius 3 is 2.86 bits per heavy atom. The molecule has 1 heterocycles. The molecule has 0 unspecified atom stereocenters. The zero-order valence-corrected chi connectivity index (χ0v) is 12.6. The second-order valence-electron chi connectivity index (χ2n) is 5.29. The van der Waals surface area contributed by atoms with Gasteiger partial charge in [0.15, 0.2) is 5.03 Å². The van der Waals surface area contributed by atoms with E-state index < -0.39 is 10.0 Å². The maximum Gasteiger partial charge on any atom is 0.278 e. The number of sulfonamides is 1. The quantitative estimate of drug-likeness (QED) is 0.759. The van der Waals surface area contributed by atoms with Crippen molar-refractivity contribution in [1.29, 1.82) is 0 Å². The number of nitrogens with one attached hydrogen (secondary N) is 3. The van der Waals surface area contributed by atoms with E-state index in [0.717, 1.165) is 12.1 Å².